The molecular formula is C21H22ClN3O3S. The summed E-state index contributed by atoms with van der Waals surface area (Å²) in [6.07, 6.45) is 0. The minimum Gasteiger partial charge on any atom is -0.504 e. The molecule has 29 heavy (non-hydrogen) atoms. The molecule has 1 fully saturated rings. The maximum Gasteiger partial charge on any atom is 0.231 e. The molecule has 6 nitrogen and oxygen atoms in total. The van der Waals surface area contributed by atoms with Gasteiger partial charge in [-0.25, -0.2) is 0 Å². The van der Waals surface area contributed by atoms with Crippen molar-refractivity contribution in [1.29, 1.82) is 0 Å². The largest absolute Gasteiger partial charge is 0.504 e. The van der Waals surface area contributed by atoms with E-state index >= 15 is 0 Å². The molecule has 0 saturated carbocycles. The first-order valence-corrected chi connectivity index (χ1v) is 9.92. The smallest absolute Gasteiger partial charge is 0.231 e. The summed E-state index contributed by atoms with van der Waals surface area (Å²) in [5.41, 5.74) is 2.03. The number of amides is 1. The van der Waals surface area contributed by atoms with Crippen molar-refractivity contribution in [1.82, 2.24) is 16.0 Å². The molecule has 0 aliphatic carbocycles. The van der Waals surface area contributed by atoms with Gasteiger partial charge in [0.05, 0.1) is 12.6 Å². The van der Waals surface area contributed by atoms with Gasteiger partial charge in [0.15, 0.2) is 16.6 Å². The lowest BCUT2D eigenvalue weighted by Gasteiger charge is -2.36. The monoisotopic (exact) mass is 431 g/mol. The van der Waals surface area contributed by atoms with Crippen LogP contribution < -0.4 is 20.7 Å². The third-order valence-electron chi connectivity index (χ3n) is 4.57. The Balaban J connectivity index is 1.90. The van der Waals surface area contributed by atoms with Gasteiger partial charge in [0.1, 0.15) is 5.92 Å². The van der Waals surface area contributed by atoms with E-state index in [0.717, 1.165) is 5.56 Å². The molecule has 2 unspecified atom stereocenters. The summed E-state index contributed by atoms with van der Waals surface area (Å²) < 4.78 is 5.47. The Morgan fingerprint density at radius 3 is 2.76 bits per heavy atom. The first-order chi connectivity index (χ1) is 13.9. The number of carbonyl (C=O) groups is 1. The van der Waals surface area contributed by atoms with E-state index in [1.165, 1.54) is 6.07 Å². The molecule has 1 saturated heterocycles. The molecule has 3 rings (SSSR count). The van der Waals surface area contributed by atoms with Gasteiger partial charge in [0.25, 0.3) is 0 Å². The SMILES string of the molecule is C=C1NC(=S)NC(c2cc(OCC)c(O)cc2Cl)C1C(=O)NCc1ccccc1. The Hall–Kier alpha value is -2.77. The van der Waals surface area contributed by atoms with Crippen LogP contribution in [0.25, 0.3) is 0 Å². The maximum absolute atomic E-state index is 13.0. The van der Waals surface area contributed by atoms with Gasteiger partial charge in [-0.2, -0.15) is 0 Å². The molecule has 8 heteroatoms. The van der Waals surface area contributed by atoms with Gasteiger partial charge in [0.2, 0.25) is 5.91 Å². The van der Waals surface area contributed by atoms with Gasteiger partial charge in [-0.1, -0.05) is 48.5 Å². The summed E-state index contributed by atoms with van der Waals surface area (Å²) in [4.78, 5) is 13.0. The molecule has 2 aromatic carbocycles. The van der Waals surface area contributed by atoms with E-state index in [2.05, 4.69) is 22.5 Å². The molecule has 1 amide bonds. The molecular weight excluding hydrogens is 410 g/mol. The van der Waals surface area contributed by atoms with Crippen molar-refractivity contribution in [3.63, 3.8) is 0 Å². The highest BCUT2D eigenvalue weighted by atomic mass is 35.5. The number of carbonyl (C=O) groups excluding carboxylic acids is 1. The predicted molar refractivity (Wildman–Crippen MR) is 117 cm³/mol. The fourth-order valence-corrected chi connectivity index (χ4v) is 3.75. The van der Waals surface area contributed by atoms with Gasteiger partial charge >= 0.3 is 0 Å². The van der Waals surface area contributed by atoms with E-state index in [0.29, 0.717) is 34.5 Å². The Labute approximate surface area is 179 Å². The molecule has 2 atom stereocenters. The predicted octanol–water partition coefficient (Wildman–Crippen LogP) is 3.41. The van der Waals surface area contributed by atoms with Crippen molar-refractivity contribution in [3.05, 3.63) is 70.9 Å². The number of ether oxygens (including phenoxy) is 1. The van der Waals surface area contributed by atoms with Crippen LogP contribution in [0.15, 0.2) is 54.7 Å². The number of nitrogens with one attached hydrogen (secondary N) is 3. The summed E-state index contributed by atoms with van der Waals surface area (Å²) in [5.74, 6) is -0.691. The first kappa shape index (κ1) is 21.0. The maximum atomic E-state index is 13.0. The molecule has 4 N–H and O–H groups in total. The third kappa shape index (κ3) is 4.81. The summed E-state index contributed by atoms with van der Waals surface area (Å²) in [7, 11) is 0. The van der Waals surface area contributed by atoms with E-state index in [-0.39, 0.29) is 17.4 Å². The van der Waals surface area contributed by atoms with Crippen LogP contribution in [0.2, 0.25) is 5.02 Å². The summed E-state index contributed by atoms with van der Waals surface area (Å²) >= 11 is 11.6. The molecule has 0 bridgehead atoms. The Bertz CT molecular complexity index is 936. The van der Waals surface area contributed by atoms with Gasteiger partial charge in [-0.15, -0.1) is 0 Å². The quantitative estimate of drug-likeness (QED) is 0.525. The second kappa shape index (κ2) is 9.15. The number of hydrogen-bond acceptors (Lipinski definition) is 4. The van der Waals surface area contributed by atoms with Gasteiger partial charge in [-0.05, 0) is 36.3 Å². The zero-order valence-corrected chi connectivity index (χ0v) is 17.4. The highest BCUT2D eigenvalue weighted by Gasteiger charge is 2.38. The van der Waals surface area contributed by atoms with Crippen molar-refractivity contribution in [2.24, 2.45) is 5.92 Å². The van der Waals surface area contributed by atoms with Crippen LogP contribution in [0.5, 0.6) is 11.5 Å². The van der Waals surface area contributed by atoms with Crippen LogP contribution in [-0.4, -0.2) is 22.7 Å². The molecule has 0 aromatic heterocycles. The summed E-state index contributed by atoms with van der Waals surface area (Å²) in [6, 6.07) is 12.1. The van der Waals surface area contributed by atoms with Crippen LogP contribution in [0.1, 0.15) is 24.1 Å². The van der Waals surface area contributed by atoms with E-state index < -0.39 is 12.0 Å². The Morgan fingerprint density at radius 1 is 1.34 bits per heavy atom. The Morgan fingerprint density at radius 2 is 2.07 bits per heavy atom. The zero-order chi connectivity index (χ0) is 21.0. The summed E-state index contributed by atoms with van der Waals surface area (Å²) in [5, 5.41) is 19.7. The second-order valence-electron chi connectivity index (χ2n) is 6.56. The molecule has 1 aliphatic rings. The minimum absolute atomic E-state index is 0.0685. The van der Waals surface area contributed by atoms with E-state index in [9.17, 15) is 9.90 Å². The average Bonchev–Trinajstić information content (AvgIpc) is 2.68. The van der Waals surface area contributed by atoms with Gasteiger partial charge < -0.3 is 25.8 Å². The van der Waals surface area contributed by atoms with E-state index in [1.807, 2.05) is 37.3 Å². The molecule has 0 spiro atoms. The van der Waals surface area contributed by atoms with Crippen molar-refractivity contribution in [2.45, 2.75) is 19.5 Å². The lowest BCUT2D eigenvalue weighted by atomic mass is 9.88. The highest BCUT2D eigenvalue weighted by Crippen LogP contribution is 2.39. The van der Waals surface area contributed by atoms with Crippen LogP contribution in [0, 0.1) is 5.92 Å². The van der Waals surface area contributed by atoms with Crippen molar-refractivity contribution < 1.29 is 14.6 Å². The fourth-order valence-electron chi connectivity index (χ4n) is 3.22. The second-order valence-corrected chi connectivity index (χ2v) is 7.37. The third-order valence-corrected chi connectivity index (χ3v) is 5.12. The topological polar surface area (TPSA) is 82.6 Å². The van der Waals surface area contributed by atoms with E-state index in [1.54, 1.807) is 6.07 Å². The molecule has 2 aromatic rings. The van der Waals surface area contributed by atoms with Crippen LogP contribution in [0.3, 0.4) is 0 Å². The van der Waals surface area contributed by atoms with Crippen LogP contribution >= 0.6 is 23.8 Å². The standard InChI is InChI=1S/C21H22ClN3O3S/c1-3-28-17-9-14(15(22)10-16(17)26)19-18(12(2)24-21(29)25-19)20(27)23-11-13-7-5-4-6-8-13/h4-10,18-19,26H,2-3,11H2,1H3,(H,23,27)(H2,24,25,29). The summed E-state index contributed by atoms with van der Waals surface area (Å²) in [6.45, 7) is 6.55. The first-order valence-electron chi connectivity index (χ1n) is 9.13. The number of phenolic OH excluding ortho intramolecular Hbond substituents is 1. The van der Waals surface area contributed by atoms with Crippen LogP contribution in [-0.2, 0) is 11.3 Å². The molecule has 1 heterocycles. The van der Waals surface area contributed by atoms with Gasteiger partial charge in [0, 0.05) is 23.3 Å². The molecule has 0 radical (unpaired) electrons. The normalized spacial score (nSPS) is 18.6. The zero-order valence-electron chi connectivity index (χ0n) is 15.9. The number of hydrogen-bond donors (Lipinski definition) is 4. The van der Waals surface area contributed by atoms with Crippen LogP contribution in [0.4, 0.5) is 0 Å². The highest BCUT2D eigenvalue weighted by molar-refractivity contribution is 7.80. The van der Waals surface area contributed by atoms with Crippen molar-refractivity contribution in [2.75, 3.05) is 6.61 Å². The number of aromatic hydroxyl groups is 1. The molecule has 1 aliphatic heterocycles. The number of benzene rings is 2. The number of rotatable bonds is 6. The number of halogens is 1. The molecule has 152 valence electrons. The van der Waals surface area contributed by atoms with Crippen molar-refractivity contribution >= 4 is 34.8 Å². The average molecular weight is 432 g/mol. The Kier molecular flexibility index (Phi) is 6.61. The number of thiocarbonyl (C=S) groups is 1. The van der Waals surface area contributed by atoms with Crippen molar-refractivity contribution in [3.8, 4) is 11.5 Å². The lowest BCUT2D eigenvalue weighted by molar-refractivity contribution is -0.125. The minimum atomic E-state index is -0.679. The van der Waals surface area contributed by atoms with E-state index in [4.69, 9.17) is 28.6 Å². The fraction of sp³-hybridized carbons (Fsp3) is 0.238. The lowest BCUT2D eigenvalue weighted by Crippen LogP contribution is -2.52. The number of phenols is 1. The van der Waals surface area contributed by atoms with Gasteiger partial charge in [-0.3, -0.25) is 4.79 Å².